The number of aryl methyl sites for hydroxylation is 2. The zero-order chi connectivity index (χ0) is 24.2. The predicted octanol–water partition coefficient (Wildman–Crippen LogP) is 3.76. The lowest BCUT2D eigenvalue weighted by Gasteiger charge is -2.22. The smallest absolute Gasteiger partial charge is 0.260 e. The van der Waals surface area contributed by atoms with Gasteiger partial charge in [0.15, 0.2) is 5.03 Å². The van der Waals surface area contributed by atoms with Crippen LogP contribution in [0.2, 0.25) is 0 Å². The lowest BCUT2D eigenvalue weighted by molar-refractivity contribution is 0.298. The molecule has 0 amide bonds. The molecule has 1 aromatic carbocycles. The van der Waals surface area contributed by atoms with E-state index < -0.39 is 9.84 Å². The van der Waals surface area contributed by atoms with Gasteiger partial charge in [-0.3, -0.25) is 4.68 Å². The minimum atomic E-state index is -3.95. The van der Waals surface area contributed by atoms with Crippen molar-refractivity contribution in [1.29, 1.82) is 0 Å². The molecule has 3 aromatic rings. The monoisotopic (exact) mass is 483 g/mol. The molecule has 0 aliphatic heterocycles. The second-order valence-electron chi connectivity index (χ2n) is 9.91. The quantitative estimate of drug-likeness (QED) is 0.527. The zero-order valence-corrected chi connectivity index (χ0v) is 21.3. The van der Waals surface area contributed by atoms with Crippen molar-refractivity contribution in [2.75, 3.05) is 19.4 Å². The maximum Gasteiger partial charge on any atom is 0.260 e. The van der Waals surface area contributed by atoms with Crippen molar-refractivity contribution in [3.63, 3.8) is 0 Å². The van der Waals surface area contributed by atoms with Crippen molar-refractivity contribution in [3.8, 4) is 0 Å². The van der Waals surface area contributed by atoms with Gasteiger partial charge in [0.1, 0.15) is 0 Å². The van der Waals surface area contributed by atoms with Gasteiger partial charge in [0, 0.05) is 23.8 Å². The normalized spacial score (nSPS) is 16.3. The molecule has 9 nitrogen and oxygen atoms in total. The molecular weight excluding hydrogens is 450 g/mol. The van der Waals surface area contributed by atoms with Gasteiger partial charge < -0.3 is 10.2 Å². The number of rotatable bonds is 7. The van der Waals surface area contributed by atoms with Crippen molar-refractivity contribution in [2.45, 2.75) is 81.6 Å². The van der Waals surface area contributed by atoms with Gasteiger partial charge in [0.05, 0.1) is 5.69 Å². The molecule has 10 heteroatoms. The van der Waals surface area contributed by atoms with Crippen molar-refractivity contribution >= 4 is 21.5 Å². The molecular formula is C24H33N7O2S. The lowest BCUT2D eigenvalue weighted by Crippen LogP contribution is -2.21. The Labute approximate surface area is 200 Å². The van der Waals surface area contributed by atoms with Gasteiger partial charge in [-0.05, 0) is 95.6 Å². The summed E-state index contributed by atoms with van der Waals surface area (Å²) in [6.07, 6.45) is 6.54. The van der Waals surface area contributed by atoms with Crippen molar-refractivity contribution in [2.24, 2.45) is 0 Å². The van der Waals surface area contributed by atoms with Crippen LogP contribution in [0.4, 0.5) is 11.6 Å². The molecule has 0 saturated heterocycles. The molecule has 2 N–H and O–H groups in total. The SMILES string of the molecule is CC(c1cc(S(=O)(=O)c2nc(Nc3c4c(cc5c3CCC5)CCC4)n[nH]2)nn1C(C)C)N(C)C. The van der Waals surface area contributed by atoms with E-state index in [9.17, 15) is 8.42 Å². The number of hydrogen-bond acceptors (Lipinski definition) is 7. The Morgan fingerprint density at radius 2 is 1.68 bits per heavy atom. The van der Waals surface area contributed by atoms with Crippen molar-refractivity contribution in [3.05, 3.63) is 40.1 Å². The Kier molecular flexibility index (Phi) is 5.76. The number of fused-ring (bicyclic) bond motifs is 2. The molecule has 0 saturated carbocycles. The summed E-state index contributed by atoms with van der Waals surface area (Å²) < 4.78 is 28.6. The molecule has 1 atom stereocenters. The van der Waals surface area contributed by atoms with E-state index in [-0.39, 0.29) is 28.2 Å². The second kappa shape index (κ2) is 8.49. The molecule has 2 aromatic heterocycles. The summed E-state index contributed by atoms with van der Waals surface area (Å²) in [5.41, 5.74) is 7.37. The largest absolute Gasteiger partial charge is 0.322 e. The number of aromatic amines is 1. The van der Waals surface area contributed by atoms with Gasteiger partial charge in [0.2, 0.25) is 5.95 Å². The van der Waals surface area contributed by atoms with E-state index >= 15 is 0 Å². The van der Waals surface area contributed by atoms with Crippen molar-refractivity contribution < 1.29 is 8.42 Å². The third kappa shape index (κ3) is 3.82. The van der Waals surface area contributed by atoms with Crippen LogP contribution in [0.3, 0.4) is 0 Å². The van der Waals surface area contributed by atoms with E-state index in [0.29, 0.717) is 0 Å². The van der Waals surface area contributed by atoms with Crippen molar-refractivity contribution in [1.82, 2.24) is 29.9 Å². The Bertz CT molecular complexity index is 1310. The van der Waals surface area contributed by atoms with Gasteiger partial charge in [-0.2, -0.15) is 10.1 Å². The number of aromatic nitrogens is 5. The van der Waals surface area contributed by atoms with Gasteiger partial charge in [-0.15, -0.1) is 5.10 Å². The van der Waals surface area contributed by atoms with Crippen LogP contribution in [-0.4, -0.2) is 52.4 Å². The summed E-state index contributed by atoms with van der Waals surface area (Å²) in [6, 6.07) is 4.04. The molecule has 182 valence electrons. The molecule has 2 heterocycles. The van der Waals surface area contributed by atoms with E-state index in [4.69, 9.17) is 0 Å². The highest BCUT2D eigenvalue weighted by Gasteiger charge is 2.30. The highest BCUT2D eigenvalue weighted by molar-refractivity contribution is 7.91. The average molecular weight is 484 g/mol. The first-order valence-corrected chi connectivity index (χ1v) is 13.5. The second-order valence-corrected chi connectivity index (χ2v) is 11.7. The highest BCUT2D eigenvalue weighted by Crippen LogP contribution is 2.39. The van der Waals surface area contributed by atoms with Crippen LogP contribution < -0.4 is 5.32 Å². The Balaban J connectivity index is 1.48. The molecule has 5 rings (SSSR count). The fourth-order valence-electron chi connectivity index (χ4n) is 5.11. The van der Waals surface area contributed by atoms with E-state index in [0.717, 1.165) is 49.9 Å². The minimum Gasteiger partial charge on any atom is -0.322 e. The van der Waals surface area contributed by atoms with Gasteiger partial charge >= 0.3 is 0 Å². The van der Waals surface area contributed by atoms with E-state index in [1.807, 2.05) is 39.8 Å². The number of hydrogen-bond donors (Lipinski definition) is 2. The minimum absolute atomic E-state index is 0.00748. The first kappa shape index (κ1) is 23.0. The summed E-state index contributed by atoms with van der Waals surface area (Å²) in [5, 5.41) is 14.4. The van der Waals surface area contributed by atoms with E-state index in [1.165, 1.54) is 22.3 Å². The average Bonchev–Trinajstić information content (AvgIpc) is 3.58. The first-order valence-electron chi connectivity index (χ1n) is 12.0. The predicted molar refractivity (Wildman–Crippen MR) is 130 cm³/mol. The van der Waals surface area contributed by atoms with Crippen LogP contribution in [0.15, 0.2) is 22.3 Å². The van der Waals surface area contributed by atoms with Crippen LogP contribution in [0.5, 0.6) is 0 Å². The van der Waals surface area contributed by atoms with E-state index in [1.54, 1.807) is 10.7 Å². The standard InChI is InChI=1S/C24H33N7O2S/c1-14(2)31-20(15(3)30(4)5)13-21(29-31)34(32,33)24-26-23(27-28-24)25-22-18-10-6-8-16(18)12-17-9-7-11-19(17)22/h12-15H,6-11H2,1-5H3,(H2,25,26,27,28). The number of H-pyrrole nitrogens is 1. The van der Waals surface area contributed by atoms with Gasteiger partial charge in [0.25, 0.3) is 15.0 Å². The molecule has 1 unspecified atom stereocenters. The third-order valence-electron chi connectivity index (χ3n) is 7.14. The highest BCUT2D eigenvalue weighted by atomic mass is 32.2. The fourth-order valence-corrected chi connectivity index (χ4v) is 6.15. The summed E-state index contributed by atoms with van der Waals surface area (Å²) in [5.74, 6) is 0.276. The number of benzene rings is 1. The molecule has 0 fully saturated rings. The zero-order valence-electron chi connectivity index (χ0n) is 20.5. The summed E-state index contributed by atoms with van der Waals surface area (Å²) >= 11 is 0. The Morgan fingerprint density at radius 3 is 2.26 bits per heavy atom. The molecule has 0 spiro atoms. The molecule has 0 bridgehead atoms. The Hall–Kier alpha value is -2.72. The van der Waals surface area contributed by atoms with E-state index in [2.05, 4.69) is 31.7 Å². The summed E-state index contributed by atoms with van der Waals surface area (Å²) in [4.78, 5) is 6.37. The van der Waals surface area contributed by atoms with Gasteiger partial charge in [-0.1, -0.05) is 6.07 Å². The van der Waals surface area contributed by atoms with Gasteiger partial charge in [-0.25, -0.2) is 13.5 Å². The number of nitrogens with one attached hydrogen (secondary N) is 2. The lowest BCUT2D eigenvalue weighted by atomic mass is 9.99. The maximum atomic E-state index is 13.4. The maximum absolute atomic E-state index is 13.4. The number of anilines is 2. The van der Waals surface area contributed by atoms with Crippen LogP contribution in [-0.2, 0) is 35.5 Å². The third-order valence-corrected chi connectivity index (χ3v) is 8.58. The van der Waals surface area contributed by atoms with Crippen LogP contribution in [0, 0.1) is 0 Å². The summed E-state index contributed by atoms with van der Waals surface area (Å²) in [7, 11) is -0.0269. The molecule has 2 aliphatic carbocycles. The van der Waals surface area contributed by atoms with Crippen LogP contribution in [0.1, 0.15) is 73.6 Å². The van der Waals surface area contributed by atoms with Crippen LogP contribution >= 0.6 is 0 Å². The molecule has 2 aliphatic rings. The fraction of sp³-hybridized carbons (Fsp3) is 0.542. The number of nitrogens with zero attached hydrogens (tertiary/aromatic N) is 5. The first-order chi connectivity index (χ1) is 16.2. The molecule has 34 heavy (non-hydrogen) atoms. The summed E-state index contributed by atoms with van der Waals surface area (Å²) in [6.45, 7) is 6.00. The topological polar surface area (TPSA) is 109 Å². The molecule has 0 radical (unpaired) electrons. The van der Waals surface area contributed by atoms with Crippen LogP contribution in [0.25, 0.3) is 0 Å². The Morgan fingerprint density at radius 1 is 1.03 bits per heavy atom. The number of sulfone groups is 1.